The Kier molecular flexibility index (Phi) is 4.83. The zero-order chi connectivity index (χ0) is 21.4. The van der Waals surface area contributed by atoms with Crippen LogP contribution in [0.5, 0.6) is 0 Å². The van der Waals surface area contributed by atoms with E-state index in [-0.39, 0.29) is 17.5 Å². The number of carbonyl (C=O) groups is 2. The van der Waals surface area contributed by atoms with Gasteiger partial charge in [-0.2, -0.15) is 0 Å². The molecule has 0 radical (unpaired) electrons. The summed E-state index contributed by atoms with van der Waals surface area (Å²) in [6.07, 6.45) is 0. The van der Waals surface area contributed by atoms with Gasteiger partial charge >= 0.3 is 0 Å². The van der Waals surface area contributed by atoms with Crippen molar-refractivity contribution in [2.75, 3.05) is 12.4 Å². The number of amides is 2. The van der Waals surface area contributed by atoms with Crippen LogP contribution in [0.25, 0.3) is 22.4 Å². The molecule has 0 spiro atoms. The number of nitrogens with zero attached hydrogens (tertiary/aromatic N) is 2. The Labute approximate surface area is 172 Å². The van der Waals surface area contributed by atoms with Crippen LogP contribution in [0, 0.1) is 20.8 Å². The molecule has 0 unspecified atom stereocenters. The van der Waals surface area contributed by atoms with Crippen LogP contribution in [0.4, 0.5) is 5.69 Å². The van der Waals surface area contributed by atoms with Crippen LogP contribution in [0.2, 0.25) is 0 Å². The number of hydrogen-bond acceptors (Lipinski definition) is 6. The van der Waals surface area contributed by atoms with Crippen molar-refractivity contribution in [3.63, 3.8) is 0 Å². The molecule has 4 aromatic rings. The van der Waals surface area contributed by atoms with Crippen LogP contribution in [-0.4, -0.2) is 29.0 Å². The Morgan fingerprint density at radius 1 is 1.03 bits per heavy atom. The van der Waals surface area contributed by atoms with Crippen LogP contribution in [0.3, 0.4) is 0 Å². The van der Waals surface area contributed by atoms with Gasteiger partial charge in [0.2, 0.25) is 0 Å². The first-order chi connectivity index (χ1) is 14.4. The number of nitrogens with one attached hydrogen (secondary N) is 2. The van der Waals surface area contributed by atoms with Crippen molar-refractivity contribution in [1.82, 2.24) is 15.5 Å². The molecule has 3 heterocycles. The predicted octanol–water partition coefficient (Wildman–Crippen LogP) is 4.02. The van der Waals surface area contributed by atoms with Crippen molar-refractivity contribution in [2.45, 2.75) is 20.8 Å². The summed E-state index contributed by atoms with van der Waals surface area (Å²) in [6.45, 7) is 5.44. The fourth-order valence-corrected chi connectivity index (χ4v) is 3.38. The molecule has 0 bridgehead atoms. The number of hydrogen-bond donors (Lipinski definition) is 2. The lowest BCUT2D eigenvalue weighted by Crippen LogP contribution is -2.18. The summed E-state index contributed by atoms with van der Waals surface area (Å²) in [6, 6.07) is 10.3. The van der Waals surface area contributed by atoms with Gasteiger partial charge < -0.3 is 19.6 Å². The number of carbonyl (C=O) groups excluding carboxylic acids is 2. The number of anilines is 1. The van der Waals surface area contributed by atoms with Crippen LogP contribution >= 0.6 is 0 Å². The molecule has 8 nitrogen and oxygen atoms in total. The van der Waals surface area contributed by atoms with E-state index in [0.29, 0.717) is 39.3 Å². The Morgan fingerprint density at radius 3 is 2.53 bits per heavy atom. The minimum atomic E-state index is -0.359. The lowest BCUT2D eigenvalue weighted by molar-refractivity contribution is 0.0961. The van der Waals surface area contributed by atoms with E-state index in [1.807, 2.05) is 19.9 Å². The first-order valence-electron chi connectivity index (χ1n) is 9.35. The molecule has 0 saturated carbocycles. The fourth-order valence-electron chi connectivity index (χ4n) is 3.38. The molecule has 2 amide bonds. The van der Waals surface area contributed by atoms with Crippen LogP contribution in [0.1, 0.15) is 37.9 Å². The van der Waals surface area contributed by atoms with Crippen LogP contribution < -0.4 is 10.6 Å². The van der Waals surface area contributed by atoms with E-state index in [1.54, 1.807) is 44.3 Å². The molecule has 4 rings (SSSR count). The van der Waals surface area contributed by atoms with E-state index in [0.717, 1.165) is 11.3 Å². The Morgan fingerprint density at radius 2 is 1.83 bits per heavy atom. The zero-order valence-electron chi connectivity index (χ0n) is 17.0. The first-order valence-corrected chi connectivity index (χ1v) is 9.35. The summed E-state index contributed by atoms with van der Waals surface area (Å²) in [7, 11) is 1.55. The van der Waals surface area contributed by atoms with Crippen molar-refractivity contribution in [1.29, 1.82) is 0 Å². The van der Waals surface area contributed by atoms with Gasteiger partial charge in [-0.3, -0.25) is 9.59 Å². The van der Waals surface area contributed by atoms with E-state index < -0.39 is 0 Å². The standard InChI is InChI=1S/C22H20N4O4/c1-11-8-16(13(3)29-11)18-10-17(19-12(2)26-30-22(19)25-18)21(28)24-15-7-5-6-14(9-15)20(27)23-4/h5-10H,1-4H3,(H,23,27)(H,24,28). The Hall–Kier alpha value is -3.94. The minimum absolute atomic E-state index is 0.236. The number of aromatic nitrogens is 2. The maximum atomic E-state index is 13.2. The van der Waals surface area contributed by atoms with Crippen molar-refractivity contribution in [3.05, 3.63) is 64.7 Å². The highest BCUT2D eigenvalue weighted by Gasteiger charge is 2.21. The summed E-state index contributed by atoms with van der Waals surface area (Å²) in [5, 5.41) is 9.91. The van der Waals surface area contributed by atoms with Crippen molar-refractivity contribution < 1.29 is 18.5 Å². The van der Waals surface area contributed by atoms with Gasteiger partial charge in [0.1, 0.15) is 11.5 Å². The molecular formula is C22H20N4O4. The maximum Gasteiger partial charge on any atom is 0.259 e. The average molecular weight is 404 g/mol. The zero-order valence-corrected chi connectivity index (χ0v) is 17.0. The molecule has 8 heteroatoms. The lowest BCUT2D eigenvalue weighted by atomic mass is 10.0. The number of benzene rings is 1. The number of pyridine rings is 1. The highest BCUT2D eigenvalue weighted by Crippen LogP contribution is 2.30. The highest BCUT2D eigenvalue weighted by molar-refractivity contribution is 6.13. The smallest absolute Gasteiger partial charge is 0.259 e. The van der Waals surface area contributed by atoms with Gasteiger partial charge in [-0.1, -0.05) is 11.2 Å². The Bertz CT molecular complexity index is 1290. The van der Waals surface area contributed by atoms with E-state index in [9.17, 15) is 9.59 Å². The van der Waals surface area contributed by atoms with Crippen molar-refractivity contribution in [3.8, 4) is 11.3 Å². The number of rotatable bonds is 4. The first kappa shape index (κ1) is 19.4. The summed E-state index contributed by atoms with van der Waals surface area (Å²) < 4.78 is 10.9. The molecule has 152 valence electrons. The van der Waals surface area contributed by atoms with Gasteiger partial charge in [-0.15, -0.1) is 0 Å². The molecule has 1 aromatic carbocycles. The summed E-state index contributed by atoms with van der Waals surface area (Å²) in [5.41, 5.74) is 3.48. The molecule has 2 N–H and O–H groups in total. The van der Waals surface area contributed by atoms with Gasteiger partial charge in [0, 0.05) is 23.9 Å². The molecule has 0 aliphatic heterocycles. The Balaban J connectivity index is 1.78. The van der Waals surface area contributed by atoms with Crippen molar-refractivity contribution in [2.24, 2.45) is 0 Å². The maximum absolute atomic E-state index is 13.2. The average Bonchev–Trinajstić information content (AvgIpc) is 3.28. The van der Waals surface area contributed by atoms with Crippen molar-refractivity contribution >= 4 is 28.6 Å². The molecule has 0 aliphatic rings. The third-order valence-corrected chi connectivity index (χ3v) is 4.79. The van der Waals surface area contributed by atoms with Gasteiger partial charge in [0.05, 0.1) is 22.3 Å². The van der Waals surface area contributed by atoms with E-state index in [2.05, 4.69) is 20.8 Å². The van der Waals surface area contributed by atoms with Crippen LogP contribution in [-0.2, 0) is 0 Å². The van der Waals surface area contributed by atoms with Gasteiger partial charge in [0.15, 0.2) is 0 Å². The number of furan rings is 1. The summed E-state index contributed by atoms with van der Waals surface area (Å²) >= 11 is 0. The fraction of sp³-hybridized carbons (Fsp3) is 0.182. The quantitative estimate of drug-likeness (QED) is 0.532. The van der Waals surface area contributed by atoms with Crippen LogP contribution in [0.15, 0.2) is 45.3 Å². The normalized spacial score (nSPS) is 10.9. The third kappa shape index (κ3) is 3.43. The second kappa shape index (κ2) is 7.47. The molecule has 0 saturated heterocycles. The minimum Gasteiger partial charge on any atom is -0.466 e. The highest BCUT2D eigenvalue weighted by atomic mass is 16.5. The largest absolute Gasteiger partial charge is 0.466 e. The topological polar surface area (TPSA) is 110 Å². The SMILES string of the molecule is CNC(=O)c1cccc(NC(=O)c2cc(-c3cc(C)oc3C)nc3onc(C)c23)c1. The molecule has 0 aliphatic carbocycles. The molecule has 3 aromatic heterocycles. The number of aryl methyl sites for hydroxylation is 3. The predicted molar refractivity (Wildman–Crippen MR) is 112 cm³/mol. The second-order valence-electron chi connectivity index (χ2n) is 6.94. The van der Waals surface area contributed by atoms with Gasteiger partial charge in [0.25, 0.3) is 17.5 Å². The van der Waals surface area contributed by atoms with Gasteiger partial charge in [-0.25, -0.2) is 4.98 Å². The molecule has 0 fully saturated rings. The summed E-state index contributed by atoms with van der Waals surface area (Å²) in [4.78, 5) is 29.6. The van der Waals surface area contributed by atoms with E-state index >= 15 is 0 Å². The monoisotopic (exact) mass is 404 g/mol. The summed E-state index contributed by atoms with van der Waals surface area (Å²) in [5.74, 6) is 0.845. The lowest BCUT2D eigenvalue weighted by Gasteiger charge is -2.09. The molecule has 0 atom stereocenters. The van der Waals surface area contributed by atoms with E-state index in [4.69, 9.17) is 8.94 Å². The third-order valence-electron chi connectivity index (χ3n) is 4.79. The van der Waals surface area contributed by atoms with E-state index in [1.165, 1.54) is 0 Å². The molecular weight excluding hydrogens is 384 g/mol. The number of fused-ring (bicyclic) bond motifs is 1. The second-order valence-corrected chi connectivity index (χ2v) is 6.94. The van der Waals surface area contributed by atoms with Gasteiger partial charge in [-0.05, 0) is 51.1 Å². The molecule has 30 heavy (non-hydrogen) atoms.